The lowest BCUT2D eigenvalue weighted by Crippen LogP contribution is -2.56. The minimum Gasteiger partial charge on any atom is -0.480 e. The maximum atomic E-state index is 14.0. The lowest BCUT2D eigenvalue weighted by molar-refractivity contribution is -0.143. The Morgan fingerprint density at radius 1 is 0.881 bits per heavy atom. The number of carbonyl (C=O) groups excluding carboxylic acids is 2. The lowest BCUT2D eigenvalue weighted by Gasteiger charge is -2.34. The molecule has 12 heteroatoms. The number of guanidine groups is 1. The van der Waals surface area contributed by atoms with Crippen molar-refractivity contribution in [3.05, 3.63) is 35.4 Å². The van der Waals surface area contributed by atoms with Crippen LogP contribution in [-0.4, -0.2) is 53.3 Å². The van der Waals surface area contributed by atoms with E-state index in [-0.39, 0.29) is 60.8 Å². The van der Waals surface area contributed by atoms with Gasteiger partial charge >= 0.3 is 5.97 Å². The zero-order chi connectivity index (χ0) is 29.8. The monoisotopic (exact) mass is 605 g/mol. The molecule has 1 aromatic carbocycles. The van der Waals surface area contributed by atoms with Gasteiger partial charge in [-0.2, -0.15) is 0 Å². The summed E-state index contributed by atoms with van der Waals surface area (Å²) in [5.74, 6) is -1.97. The Balaban J connectivity index is 0.00000616. The number of amidine groups is 1. The molecular formula is C30H48ClN7O4. The molecule has 0 spiro atoms. The first-order valence-corrected chi connectivity index (χ1v) is 15.0. The van der Waals surface area contributed by atoms with Crippen LogP contribution < -0.4 is 27.8 Å². The molecule has 0 aliphatic heterocycles. The van der Waals surface area contributed by atoms with Crippen LogP contribution in [0.15, 0.2) is 29.3 Å². The second-order valence-corrected chi connectivity index (χ2v) is 11.6. The van der Waals surface area contributed by atoms with E-state index in [1.165, 1.54) is 0 Å². The fraction of sp³-hybridized carbons (Fsp3) is 0.633. The molecule has 1 unspecified atom stereocenters. The van der Waals surface area contributed by atoms with Gasteiger partial charge in [0.1, 0.15) is 17.9 Å². The summed E-state index contributed by atoms with van der Waals surface area (Å²) in [5, 5.41) is 23.2. The summed E-state index contributed by atoms with van der Waals surface area (Å²) in [7, 11) is 0. The number of amides is 2. The number of hydrogen-bond acceptors (Lipinski definition) is 5. The van der Waals surface area contributed by atoms with Crippen molar-refractivity contribution >= 4 is 42.0 Å². The van der Waals surface area contributed by atoms with Gasteiger partial charge in [0.15, 0.2) is 5.96 Å². The minimum absolute atomic E-state index is 0. The van der Waals surface area contributed by atoms with E-state index in [1.807, 2.05) is 12.1 Å². The van der Waals surface area contributed by atoms with Crippen LogP contribution >= 0.6 is 12.4 Å². The minimum atomic E-state index is -1.13. The summed E-state index contributed by atoms with van der Waals surface area (Å²) >= 11 is 0. The van der Waals surface area contributed by atoms with Crippen molar-refractivity contribution in [1.82, 2.24) is 10.6 Å². The fourth-order valence-corrected chi connectivity index (χ4v) is 6.23. The first-order chi connectivity index (χ1) is 19.7. The van der Waals surface area contributed by atoms with Crippen molar-refractivity contribution in [1.29, 1.82) is 5.41 Å². The zero-order valence-corrected chi connectivity index (χ0v) is 25.2. The van der Waals surface area contributed by atoms with Crippen LogP contribution in [0, 0.1) is 23.2 Å². The molecular weight excluding hydrogens is 558 g/mol. The summed E-state index contributed by atoms with van der Waals surface area (Å²) in [6.45, 7) is 0.265. The van der Waals surface area contributed by atoms with Crippen LogP contribution in [0.4, 0.5) is 0 Å². The quantitative estimate of drug-likeness (QED) is 0.0956. The average molecular weight is 606 g/mol. The summed E-state index contributed by atoms with van der Waals surface area (Å²) in [4.78, 5) is 43.4. The second-order valence-electron chi connectivity index (χ2n) is 11.6. The molecule has 2 aliphatic rings. The number of hydrogen-bond donors (Lipinski definition) is 7. The molecule has 10 N–H and O–H groups in total. The van der Waals surface area contributed by atoms with E-state index in [9.17, 15) is 19.5 Å². The first-order valence-electron chi connectivity index (χ1n) is 15.0. The smallest absolute Gasteiger partial charge is 0.326 e. The maximum absolute atomic E-state index is 14.0. The maximum Gasteiger partial charge on any atom is 0.326 e. The fourth-order valence-electron chi connectivity index (χ4n) is 6.23. The summed E-state index contributed by atoms with van der Waals surface area (Å²) in [6.07, 6.45) is 11.0. The first kappa shape index (κ1) is 34.9. The number of nitrogen functional groups attached to an aromatic ring is 1. The van der Waals surface area contributed by atoms with Crippen LogP contribution in [0.1, 0.15) is 88.2 Å². The van der Waals surface area contributed by atoms with E-state index in [0.29, 0.717) is 18.4 Å². The van der Waals surface area contributed by atoms with Gasteiger partial charge in [-0.15, -0.1) is 12.4 Å². The van der Waals surface area contributed by atoms with Crippen molar-refractivity contribution in [2.24, 2.45) is 39.9 Å². The Morgan fingerprint density at radius 2 is 1.45 bits per heavy atom. The van der Waals surface area contributed by atoms with E-state index < -0.39 is 24.0 Å². The molecule has 1 aromatic rings. The van der Waals surface area contributed by atoms with Crippen LogP contribution in [0.5, 0.6) is 0 Å². The van der Waals surface area contributed by atoms with Gasteiger partial charge in [-0.25, -0.2) is 4.79 Å². The number of aliphatic carboxylic acids is 1. The third-order valence-electron chi connectivity index (χ3n) is 8.54. The van der Waals surface area contributed by atoms with Crippen molar-refractivity contribution in [3.63, 3.8) is 0 Å². The molecule has 2 amide bonds. The number of rotatable bonds is 14. The number of nitrogens with two attached hydrogens (primary N) is 3. The topological polar surface area (TPSA) is 210 Å². The highest BCUT2D eigenvalue weighted by Gasteiger charge is 2.37. The number of benzene rings is 1. The van der Waals surface area contributed by atoms with Crippen LogP contribution in [0.2, 0.25) is 0 Å². The predicted octanol–water partition coefficient (Wildman–Crippen LogP) is 2.82. The van der Waals surface area contributed by atoms with E-state index >= 15 is 0 Å². The number of nitrogens with one attached hydrogen (secondary N) is 3. The van der Waals surface area contributed by atoms with Crippen molar-refractivity contribution < 1.29 is 19.5 Å². The molecule has 2 aliphatic carbocycles. The van der Waals surface area contributed by atoms with E-state index in [4.69, 9.17) is 22.6 Å². The number of carboxylic acid groups (broad SMARTS) is 1. The Hall–Kier alpha value is -3.34. The summed E-state index contributed by atoms with van der Waals surface area (Å²) in [5.41, 5.74) is 17.9. The molecule has 2 fully saturated rings. The third kappa shape index (κ3) is 10.8. The molecule has 11 nitrogen and oxygen atoms in total. The molecule has 3 rings (SSSR count). The number of nitrogens with zero attached hydrogens (tertiary/aromatic N) is 1. The highest BCUT2D eigenvalue weighted by atomic mass is 35.5. The molecule has 234 valence electrons. The molecule has 0 saturated heterocycles. The van der Waals surface area contributed by atoms with Crippen LogP contribution in [-0.2, 0) is 20.8 Å². The van der Waals surface area contributed by atoms with Gasteiger partial charge in [-0.1, -0.05) is 62.8 Å². The second kappa shape index (κ2) is 17.6. The summed E-state index contributed by atoms with van der Waals surface area (Å²) < 4.78 is 0. The largest absolute Gasteiger partial charge is 0.480 e. The van der Waals surface area contributed by atoms with E-state index in [2.05, 4.69) is 15.6 Å². The highest BCUT2D eigenvalue weighted by Crippen LogP contribution is 2.33. The van der Waals surface area contributed by atoms with E-state index in [1.54, 1.807) is 12.1 Å². The van der Waals surface area contributed by atoms with Crippen molar-refractivity contribution in [3.8, 4) is 0 Å². The van der Waals surface area contributed by atoms with Gasteiger partial charge < -0.3 is 32.9 Å². The Labute approximate surface area is 254 Å². The lowest BCUT2D eigenvalue weighted by atomic mass is 9.76. The molecule has 0 radical (unpaired) electrons. The molecule has 0 aromatic heterocycles. The third-order valence-corrected chi connectivity index (χ3v) is 8.54. The van der Waals surface area contributed by atoms with E-state index in [0.717, 1.165) is 69.8 Å². The van der Waals surface area contributed by atoms with Crippen LogP contribution in [0.25, 0.3) is 0 Å². The number of aliphatic imine (C=N–C) groups is 1. The normalized spacial score (nSPS) is 18.0. The molecule has 42 heavy (non-hydrogen) atoms. The van der Waals surface area contributed by atoms with Gasteiger partial charge in [-0.05, 0) is 62.3 Å². The molecule has 0 heterocycles. The van der Waals surface area contributed by atoms with Crippen LogP contribution in [0.3, 0.4) is 0 Å². The Kier molecular flexibility index (Phi) is 14.6. The van der Waals surface area contributed by atoms with Gasteiger partial charge in [0.05, 0.1) is 0 Å². The highest BCUT2D eigenvalue weighted by molar-refractivity contribution is 5.95. The molecule has 3 atom stereocenters. The standard InChI is InChI=1S/C30H47N7O4.ClH/c31-26(32)22-15-13-19(14-16-22)18-23(20-8-3-1-4-9-20)27(38)37-25(21-10-5-2-6-11-21)28(39)36-24(29(40)41)12-7-17-35-30(33)34;/h13-16,20-21,23-25H,1-12,17-18H2,(H3,31,32)(H,36,39)(H,37,38)(H,40,41)(H4,33,34,35);1H/t23?,24-,25-;/m0./s1. The van der Waals surface area contributed by atoms with Crippen molar-refractivity contribution in [2.45, 2.75) is 95.6 Å². The average Bonchev–Trinajstić information content (AvgIpc) is 2.96. The number of halogens is 1. The number of carboxylic acids is 1. The Bertz CT molecular complexity index is 1070. The number of carbonyl (C=O) groups is 3. The Morgan fingerprint density at radius 3 is 1.98 bits per heavy atom. The van der Waals surface area contributed by atoms with Gasteiger partial charge in [0.2, 0.25) is 11.8 Å². The summed E-state index contributed by atoms with van der Waals surface area (Å²) in [6, 6.07) is 5.51. The predicted molar refractivity (Wildman–Crippen MR) is 166 cm³/mol. The molecule has 2 saturated carbocycles. The molecule has 0 bridgehead atoms. The zero-order valence-electron chi connectivity index (χ0n) is 24.4. The van der Waals surface area contributed by atoms with Gasteiger partial charge in [-0.3, -0.25) is 20.0 Å². The van der Waals surface area contributed by atoms with Gasteiger partial charge in [0.25, 0.3) is 0 Å². The van der Waals surface area contributed by atoms with Crippen molar-refractivity contribution in [2.75, 3.05) is 6.54 Å². The SMILES string of the molecule is Cl.N=C(N)c1ccc(CC(C(=O)N[C@H](C(=O)N[C@@H](CCCN=C(N)N)C(=O)O)C2CCCCC2)C2CCCCC2)cc1. The van der Waals surface area contributed by atoms with Gasteiger partial charge in [0, 0.05) is 18.0 Å².